The van der Waals surface area contributed by atoms with E-state index in [0.717, 1.165) is 20.8 Å². The van der Waals surface area contributed by atoms with Crippen LogP contribution in [-0.4, -0.2) is 5.11 Å². The van der Waals surface area contributed by atoms with Crippen LogP contribution in [0.15, 0.2) is 45.3 Å². The average Bonchev–Trinajstić information content (AvgIpc) is 2.54. The number of hydrogen-bond donors (Lipinski definition) is 1. The summed E-state index contributed by atoms with van der Waals surface area (Å²) in [5.74, 6) is 0.240. The van der Waals surface area contributed by atoms with E-state index in [4.69, 9.17) is 4.42 Å². The van der Waals surface area contributed by atoms with Crippen molar-refractivity contribution < 1.29 is 9.52 Å². The molecular formula is C12H7BrO2. The summed E-state index contributed by atoms with van der Waals surface area (Å²) >= 11 is 3.32. The summed E-state index contributed by atoms with van der Waals surface area (Å²) in [4.78, 5) is 0. The maximum absolute atomic E-state index is 9.85. The van der Waals surface area contributed by atoms with Crippen molar-refractivity contribution in [3.63, 3.8) is 0 Å². The second kappa shape index (κ2) is 3.00. The van der Waals surface area contributed by atoms with Crippen LogP contribution in [0.2, 0.25) is 0 Å². The van der Waals surface area contributed by atoms with Crippen molar-refractivity contribution >= 4 is 37.9 Å². The third-order valence-electron chi connectivity index (χ3n) is 2.42. The Morgan fingerprint density at radius 2 is 1.87 bits per heavy atom. The highest BCUT2D eigenvalue weighted by Crippen LogP contribution is 2.36. The maximum atomic E-state index is 9.85. The Morgan fingerprint density at radius 3 is 2.73 bits per heavy atom. The number of fused-ring (bicyclic) bond motifs is 3. The Bertz CT molecular complexity index is 655. The van der Waals surface area contributed by atoms with Gasteiger partial charge in [0.15, 0.2) is 0 Å². The maximum Gasteiger partial charge on any atom is 0.140 e. The van der Waals surface area contributed by atoms with E-state index >= 15 is 0 Å². The van der Waals surface area contributed by atoms with Crippen molar-refractivity contribution in [3.05, 3.63) is 40.9 Å². The molecule has 3 aromatic rings. The molecule has 0 fully saturated rings. The van der Waals surface area contributed by atoms with Gasteiger partial charge in [0.1, 0.15) is 16.9 Å². The van der Waals surface area contributed by atoms with E-state index < -0.39 is 0 Å². The molecule has 0 radical (unpaired) electrons. The number of halogens is 1. The van der Waals surface area contributed by atoms with E-state index in [2.05, 4.69) is 15.9 Å². The zero-order chi connectivity index (χ0) is 10.4. The van der Waals surface area contributed by atoms with Crippen molar-refractivity contribution in [3.8, 4) is 5.75 Å². The summed E-state index contributed by atoms with van der Waals surface area (Å²) in [6.07, 6.45) is 0. The first kappa shape index (κ1) is 8.80. The zero-order valence-electron chi connectivity index (χ0n) is 7.70. The van der Waals surface area contributed by atoms with Crippen LogP contribution in [-0.2, 0) is 0 Å². The van der Waals surface area contributed by atoms with E-state index in [1.807, 2.05) is 30.3 Å². The van der Waals surface area contributed by atoms with Gasteiger partial charge < -0.3 is 9.52 Å². The highest BCUT2D eigenvalue weighted by Gasteiger charge is 2.10. The van der Waals surface area contributed by atoms with Crippen molar-refractivity contribution in [1.29, 1.82) is 0 Å². The molecule has 1 N–H and O–H groups in total. The lowest BCUT2D eigenvalue weighted by Crippen LogP contribution is -1.70. The number of benzene rings is 2. The zero-order valence-corrected chi connectivity index (χ0v) is 9.28. The molecule has 2 nitrogen and oxygen atoms in total. The normalized spacial score (nSPS) is 11.3. The minimum absolute atomic E-state index is 0.240. The van der Waals surface area contributed by atoms with Gasteiger partial charge in [0.2, 0.25) is 0 Å². The molecule has 1 heterocycles. The first-order valence-corrected chi connectivity index (χ1v) is 5.35. The number of hydrogen-bond acceptors (Lipinski definition) is 2. The van der Waals surface area contributed by atoms with Crippen LogP contribution < -0.4 is 0 Å². The van der Waals surface area contributed by atoms with Crippen LogP contribution >= 0.6 is 15.9 Å². The molecule has 74 valence electrons. The molecule has 15 heavy (non-hydrogen) atoms. The van der Waals surface area contributed by atoms with Gasteiger partial charge in [-0.1, -0.05) is 34.1 Å². The minimum Gasteiger partial charge on any atom is -0.507 e. The summed E-state index contributed by atoms with van der Waals surface area (Å²) in [6.45, 7) is 0. The first-order chi connectivity index (χ1) is 7.25. The number of phenolic OH excluding ortho intramolecular Hbond substituents is 1. The van der Waals surface area contributed by atoms with Gasteiger partial charge in [0, 0.05) is 9.86 Å². The second-order valence-electron chi connectivity index (χ2n) is 3.40. The Hall–Kier alpha value is -1.48. The summed E-state index contributed by atoms with van der Waals surface area (Å²) in [7, 11) is 0. The lowest BCUT2D eigenvalue weighted by Gasteiger charge is -1.95. The molecule has 2 aromatic carbocycles. The van der Waals surface area contributed by atoms with Gasteiger partial charge in [-0.2, -0.15) is 0 Å². The molecule has 0 saturated carbocycles. The predicted molar refractivity (Wildman–Crippen MR) is 63.1 cm³/mol. The lowest BCUT2D eigenvalue weighted by atomic mass is 10.1. The molecule has 0 amide bonds. The highest BCUT2D eigenvalue weighted by molar-refractivity contribution is 9.10. The quantitative estimate of drug-likeness (QED) is 0.663. The Kier molecular flexibility index (Phi) is 1.76. The Morgan fingerprint density at radius 1 is 1.07 bits per heavy atom. The minimum atomic E-state index is 0.240. The van der Waals surface area contributed by atoms with E-state index in [0.29, 0.717) is 5.58 Å². The first-order valence-electron chi connectivity index (χ1n) is 4.55. The smallest absolute Gasteiger partial charge is 0.140 e. The molecule has 0 unspecified atom stereocenters. The van der Waals surface area contributed by atoms with Gasteiger partial charge in [-0.05, 0) is 18.2 Å². The summed E-state index contributed by atoms with van der Waals surface area (Å²) in [6, 6.07) is 11.2. The molecule has 0 spiro atoms. The van der Waals surface area contributed by atoms with Gasteiger partial charge in [0.25, 0.3) is 0 Å². The lowest BCUT2D eigenvalue weighted by molar-refractivity contribution is 0.481. The average molecular weight is 263 g/mol. The molecule has 0 aliphatic carbocycles. The largest absolute Gasteiger partial charge is 0.507 e. The number of furan rings is 1. The third kappa shape index (κ3) is 1.23. The standard InChI is InChI=1S/C12H7BrO2/c13-7-5-9(14)12-8-3-1-2-4-10(8)15-11(12)6-7/h1-6,14H. The fraction of sp³-hybridized carbons (Fsp3) is 0. The molecule has 3 heteroatoms. The van der Waals surface area contributed by atoms with E-state index in [1.54, 1.807) is 6.07 Å². The molecular weight excluding hydrogens is 256 g/mol. The van der Waals surface area contributed by atoms with Crippen LogP contribution in [0.1, 0.15) is 0 Å². The second-order valence-corrected chi connectivity index (χ2v) is 4.31. The molecule has 0 saturated heterocycles. The number of para-hydroxylation sites is 1. The van der Waals surface area contributed by atoms with E-state index in [-0.39, 0.29) is 5.75 Å². The predicted octanol–water partition coefficient (Wildman–Crippen LogP) is 4.05. The van der Waals surface area contributed by atoms with Gasteiger partial charge in [-0.3, -0.25) is 0 Å². The monoisotopic (exact) mass is 262 g/mol. The highest BCUT2D eigenvalue weighted by atomic mass is 79.9. The molecule has 3 rings (SSSR count). The molecule has 0 aliphatic rings. The third-order valence-corrected chi connectivity index (χ3v) is 2.88. The van der Waals surface area contributed by atoms with Gasteiger partial charge in [-0.25, -0.2) is 0 Å². The fourth-order valence-electron chi connectivity index (χ4n) is 1.80. The number of aromatic hydroxyl groups is 1. The Balaban J connectivity index is 2.61. The molecule has 1 aromatic heterocycles. The van der Waals surface area contributed by atoms with Crippen LogP contribution in [0.5, 0.6) is 5.75 Å². The summed E-state index contributed by atoms with van der Waals surface area (Å²) in [5.41, 5.74) is 1.49. The van der Waals surface area contributed by atoms with Crippen LogP contribution in [0.4, 0.5) is 0 Å². The molecule has 0 atom stereocenters. The number of phenols is 1. The van der Waals surface area contributed by atoms with Crippen molar-refractivity contribution in [2.45, 2.75) is 0 Å². The van der Waals surface area contributed by atoms with E-state index in [9.17, 15) is 5.11 Å². The van der Waals surface area contributed by atoms with Crippen molar-refractivity contribution in [2.24, 2.45) is 0 Å². The van der Waals surface area contributed by atoms with Gasteiger partial charge in [0.05, 0.1) is 5.39 Å². The topological polar surface area (TPSA) is 33.4 Å². The Labute approximate surface area is 94.3 Å². The molecule has 0 bridgehead atoms. The number of rotatable bonds is 0. The van der Waals surface area contributed by atoms with Crippen LogP contribution in [0, 0.1) is 0 Å². The summed E-state index contributed by atoms with van der Waals surface area (Å²) in [5, 5.41) is 11.6. The van der Waals surface area contributed by atoms with Crippen molar-refractivity contribution in [2.75, 3.05) is 0 Å². The SMILES string of the molecule is Oc1cc(Br)cc2oc3ccccc3c12. The van der Waals surface area contributed by atoms with Crippen LogP contribution in [0.25, 0.3) is 21.9 Å². The molecule has 0 aliphatic heterocycles. The van der Waals surface area contributed by atoms with E-state index in [1.165, 1.54) is 0 Å². The summed E-state index contributed by atoms with van der Waals surface area (Å²) < 4.78 is 6.44. The van der Waals surface area contributed by atoms with Crippen LogP contribution in [0.3, 0.4) is 0 Å². The van der Waals surface area contributed by atoms with Gasteiger partial charge >= 0.3 is 0 Å². The fourth-order valence-corrected chi connectivity index (χ4v) is 2.22. The van der Waals surface area contributed by atoms with Crippen molar-refractivity contribution in [1.82, 2.24) is 0 Å². The van der Waals surface area contributed by atoms with Gasteiger partial charge in [-0.15, -0.1) is 0 Å².